The predicted octanol–water partition coefficient (Wildman–Crippen LogP) is 4.41. The van der Waals surface area contributed by atoms with Crippen LogP contribution in [-0.4, -0.2) is 26.8 Å². The van der Waals surface area contributed by atoms with Crippen molar-refractivity contribution >= 4 is 49.5 Å². The minimum absolute atomic E-state index is 0.105. The van der Waals surface area contributed by atoms with Gasteiger partial charge in [-0.1, -0.05) is 34.1 Å². The van der Waals surface area contributed by atoms with Gasteiger partial charge in [0.15, 0.2) is 0 Å². The zero-order valence-corrected chi connectivity index (χ0v) is 14.4. The van der Waals surface area contributed by atoms with E-state index in [1.54, 1.807) is 24.3 Å². The molecule has 0 aliphatic carbocycles. The Morgan fingerprint density at radius 1 is 1.00 bits per heavy atom. The molecule has 4 aromatic rings. The number of nitrogens with one attached hydrogen (secondary N) is 1. The van der Waals surface area contributed by atoms with E-state index in [2.05, 4.69) is 25.9 Å². The van der Waals surface area contributed by atoms with Gasteiger partial charge in [0.2, 0.25) is 5.78 Å². The molecule has 0 saturated heterocycles. The van der Waals surface area contributed by atoms with Crippen LogP contribution in [0.4, 0.5) is 0 Å². The molecule has 2 aromatic carbocycles. The molecule has 2 aromatic heterocycles. The van der Waals surface area contributed by atoms with E-state index in [0.29, 0.717) is 16.5 Å². The van der Waals surface area contributed by atoms with Crippen molar-refractivity contribution in [1.29, 1.82) is 0 Å². The standard InChI is InChI=1S/C19H11BrN2O3/c20-11-7-5-10(6-8-11)18(23)17-16-13(9-15(22-17)19(24)25)12-3-1-2-4-14(12)21-16/h1-9,21H,(H,24,25). The molecular weight excluding hydrogens is 384 g/mol. The van der Waals surface area contributed by atoms with Crippen LogP contribution < -0.4 is 0 Å². The maximum Gasteiger partial charge on any atom is 0.354 e. The molecule has 0 unspecified atom stereocenters. The maximum atomic E-state index is 12.9. The normalized spacial score (nSPS) is 11.1. The maximum absolute atomic E-state index is 12.9. The van der Waals surface area contributed by atoms with E-state index < -0.39 is 5.97 Å². The number of aromatic nitrogens is 2. The second kappa shape index (κ2) is 5.82. The Hall–Kier alpha value is -2.99. The van der Waals surface area contributed by atoms with Gasteiger partial charge in [-0.25, -0.2) is 9.78 Å². The molecule has 0 fully saturated rings. The Morgan fingerprint density at radius 3 is 2.44 bits per heavy atom. The third-order valence-corrected chi connectivity index (χ3v) is 4.57. The number of hydrogen-bond acceptors (Lipinski definition) is 3. The van der Waals surface area contributed by atoms with E-state index in [4.69, 9.17) is 0 Å². The molecule has 0 atom stereocenters. The summed E-state index contributed by atoms with van der Waals surface area (Å²) in [6.45, 7) is 0. The first kappa shape index (κ1) is 15.5. The number of ketones is 1. The summed E-state index contributed by atoms with van der Waals surface area (Å²) in [6, 6.07) is 15.9. The van der Waals surface area contributed by atoms with Crippen LogP contribution >= 0.6 is 15.9 Å². The lowest BCUT2D eigenvalue weighted by molar-refractivity contribution is 0.0690. The van der Waals surface area contributed by atoms with Gasteiger partial charge in [-0.05, 0) is 36.4 Å². The highest BCUT2D eigenvalue weighted by Crippen LogP contribution is 2.29. The monoisotopic (exact) mass is 394 g/mol. The number of halogens is 1. The van der Waals surface area contributed by atoms with Crippen molar-refractivity contribution in [2.75, 3.05) is 0 Å². The number of para-hydroxylation sites is 1. The van der Waals surface area contributed by atoms with Crippen molar-refractivity contribution < 1.29 is 14.7 Å². The van der Waals surface area contributed by atoms with Crippen molar-refractivity contribution in [1.82, 2.24) is 9.97 Å². The fourth-order valence-corrected chi connectivity index (χ4v) is 3.12. The average molecular weight is 395 g/mol. The number of carbonyl (C=O) groups excluding carboxylic acids is 1. The lowest BCUT2D eigenvalue weighted by Crippen LogP contribution is -2.10. The number of nitrogens with zero attached hydrogens (tertiary/aromatic N) is 1. The van der Waals surface area contributed by atoms with Gasteiger partial charge in [0.25, 0.3) is 0 Å². The quantitative estimate of drug-likeness (QED) is 0.504. The van der Waals surface area contributed by atoms with Gasteiger partial charge >= 0.3 is 5.97 Å². The highest BCUT2D eigenvalue weighted by atomic mass is 79.9. The fraction of sp³-hybridized carbons (Fsp3) is 0. The van der Waals surface area contributed by atoms with Gasteiger partial charge in [0.05, 0.1) is 5.52 Å². The summed E-state index contributed by atoms with van der Waals surface area (Å²) in [5, 5.41) is 10.9. The summed E-state index contributed by atoms with van der Waals surface area (Å²) in [4.78, 5) is 31.7. The van der Waals surface area contributed by atoms with E-state index >= 15 is 0 Å². The number of carboxylic acids is 1. The van der Waals surface area contributed by atoms with Gasteiger partial charge in [0.1, 0.15) is 11.4 Å². The molecule has 0 amide bonds. The smallest absolute Gasteiger partial charge is 0.354 e. The van der Waals surface area contributed by atoms with Crippen LogP contribution in [0.3, 0.4) is 0 Å². The van der Waals surface area contributed by atoms with Crippen molar-refractivity contribution in [3.05, 3.63) is 76.0 Å². The van der Waals surface area contributed by atoms with Crippen molar-refractivity contribution in [3.8, 4) is 0 Å². The molecule has 5 nitrogen and oxygen atoms in total. The Kier molecular flexibility index (Phi) is 3.62. The molecule has 0 saturated carbocycles. The average Bonchev–Trinajstić information content (AvgIpc) is 2.99. The van der Waals surface area contributed by atoms with E-state index in [1.165, 1.54) is 6.07 Å². The van der Waals surface area contributed by atoms with E-state index in [-0.39, 0.29) is 17.2 Å². The van der Waals surface area contributed by atoms with Gasteiger partial charge in [0, 0.05) is 26.3 Å². The highest BCUT2D eigenvalue weighted by Gasteiger charge is 2.20. The number of aromatic amines is 1. The van der Waals surface area contributed by atoms with E-state index in [1.807, 2.05) is 24.3 Å². The summed E-state index contributed by atoms with van der Waals surface area (Å²) >= 11 is 3.33. The Balaban J connectivity index is 2.02. The van der Waals surface area contributed by atoms with Crippen LogP contribution in [0.1, 0.15) is 26.5 Å². The number of pyridine rings is 1. The van der Waals surface area contributed by atoms with Gasteiger partial charge < -0.3 is 10.1 Å². The van der Waals surface area contributed by atoms with Crippen molar-refractivity contribution in [2.45, 2.75) is 0 Å². The number of carbonyl (C=O) groups is 2. The Bertz CT molecular complexity index is 1150. The number of benzene rings is 2. The molecule has 122 valence electrons. The molecule has 6 heteroatoms. The summed E-state index contributed by atoms with van der Waals surface area (Å²) in [5.41, 5.74) is 1.76. The third-order valence-electron chi connectivity index (χ3n) is 4.04. The van der Waals surface area contributed by atoms with Crippen LogP contribution in [-0.2, 0) is 0 Å². The highest BCUT2D eigenvalue weighted by molar-refractivity contribution is 9.10. The molecule has 0 radical (unpaired) electrons. The molecule has 0 bridgehead atoms. The van der Waals surface area contributed by atoms with Crippen molar-refractivity contribution in [2.24, 2.45) is 0 Å². The second-order valence-electron chi connectivity index (χ2n) is 5.59. The van der Waals surface area contributed by atoms with Crippen LogP contribution in [0.2, 0.25) is 0 Å². The van der Waals surface area contributed by atoms with E-state index in [0.717, 1.165) is 15.4 Å². The molecule has 0 aliphatic rings. The zero-order valence-electron chi connectivity index (χ0n) is 12.8. The van der Waals surface area contributed by atoms with Crippen LogP contribution in [0.5, 0.6) is 0 Å². The molecular formula is C19H11BrN2O3. The topological polar surface area (TPSA) is 83.0 Å². The molecule has 0 aliphatic heterocycles. The van der Waals surface area contributed by atoms with Gasteiger partial charge in [-0.2, -0.15) is 0 Å². The first-order valence-electron chi connectivity index (χ1n) is 7.49. The van der Waals surface area contributed by atoms with Crippen LogP contribution in [0.15, 0.2) is 59.1 Å². The minimum Gasteiger partial charge on any atom is -0.477 e. The lowest BCUT2D eigenvalue weighted by Gasteiger charge is -2.05. The number of hydrogen-bond donors (Lipinski definition) is 2. The largest absolute Gasteiger partial charge is 0.477 e. The number of aromatic carboxylic acids is 1. The van der Waals surface area contributed by atoms with Gasteiger partial charge in [-0.15, -0.1) is 0 Å². The second-order valence-corrected chi connectivity index (χ2v) is 6.51. The molecule has 4 rings (SSSR count). The number of H-pyrrole nitrogens is 1. The first-order chi connectivity index (χ1) is 12.0. The third kappa shape index (κ3) is 2.60. The van der Waals surface area contributed by atoms with Crippen molar-refractivity contribution in [3.63, 3.8) is 0 Å². The predicted molar refractivity (Wildman–Crippen MR) is 98.1 cm³/mol. The summed E-state index contributed by atoms with van der Waals surface area (Å²) in [7, 11) is 0. The summed E-state index contributed by atoms with van der Waals surface area (Å²) in [5.74, 6) is -1.50. The van der Waals surface area contributed by atoms with Crippen LogP contribution in [0.25, 0.3) is 21.8 Å². The Labute approximate surface area is 150 Å². The SMILES string of the molecule is O=C(O)c1cc2c([nH]c3ccccc32)c(C(=O)c2ccc(Br)cc2)n1. The molecule has 2 heterocycles. The number of rotatable bonds is 3. The lowest BCUT2D eigenvalue weighted by atomic mass is 10.0. The van der Waals surface area contributed by atoms with E-state index in [9.17, 15) is 14.7 Å². The fourth-order valence-electron chi connectivity index (χ4n) is 2.86. The zero-order chi connectivity index (χ0) is 17.6. The Morgan fingerprint density at radius 2 is 1.72 bits per heavy atom. The summed E-state index contributed by atoms with van der Waals surface area (Å²) in [6.07, 6.45) is 0. The molecule has 2 N–H and O–H groups in total. The summed E-state index contributed by atoms with van der Waals surface area (Å²) < 4.78 is 0.854. The number of carboxylic acid groups (broad SMARTS) is 1. The first-order valence-corrected chi connectivity index (χ1v) is 8.29. The minimum atomic E-state index is -1.17. The van der Waals surface area contributed by atoms with Gasteiger partial charge in [-0.3, -0.25) is 4.79 Å². The molecule has 0 spiro atoms. The van der Waals surface area contributed by atoms with Crippen LogP contribution in [0, 0.1) is 0 Å². The molecule has 25 heavy (non-hydrogen) atoms. The number of fused-ring (bicyclic) bond motifs is 3.